The minimum Gasteiger partial charge on any atom is -0.334 e. The van der Waals surface area contributed by atoms with Crippen molar-refractivity contribution >= 4 is 35.2 Å². The van der Waals surface area contributed by atoms with Crippen molar-refractivity contribution in [2.45, 2.75) is 52.6 Å². The lowest BCUT2D eigenvalue weighted by Crippen LogP contribution is -2.43. The SMILES string of the molecule is CCC(C)N(C(=O)C=Cc1ccc(Cl)cc1Cl)C(C)CC. The van der Waals surface area contributed by atoms with E-state index in [9.17, 15) is 4.79 Å². The van der Waals surface area contributed by atoms with Gasteiger partial charge in [0.25, 0.3) is 0 Å². The highest BCUT2D eigenvalue weighted by atomic mass is 35.5. The fourth-order valence-electron chi connectivity index (χ4n) is 2.15. The topological polar surface area (TPSA) is 20.3 Å². The van der Waals surface area contributed by atoms with Crippen LogP contribution in [0.25, 0.3) is 6.08 Å². The van der Waals surface area contributed by atoms with Crippen LogP contribution in [-0.2, 0) is 4.79 Å². The average Bonchev–Trinajstić information content (AvgIpc) is 2.46. The number of carbonyl (C=O) groups is 1. The molecule has 2 unspecified atom stereocenters. The average molecular weight is 328 g/mol. The molecule has 1 rings (SSSR count). The van der Waals surface area contributed by atoms with E-state index in [1.54, 1.807) is 24.3 Å². The Labute approximate surface area is 137 Å². The van der Waals surface area contributed by atoms with Crippen LogP contribution < -0.4 is 0 Å². The summed E-state index contributed by atoms with van der Waals surface area (Å²) in [7, 11) is 0. The van der Waals surface area contributed by atoms with Crippen molar-refractivity contribution in [3.63, 3.8) is 0 Å². The number of nitrogens with zero attached hydrogens (tertiary/aromatic N) is 1. The second-order valence-corrected chi connectivity index (χ2v) is 6.10. The van der Waals surface area contributed by atoms with Crippen LogP contribution in [0, 0.1) is 0 Å². The molecule has 0 radical (unpaired) electrons. The van der Waals surface area contributed by atoms with Gasteiger partial charge in [-0.15, -0.1) is 0 Å². The van der Waals surface area contributed by atoms with Gasteiger partial charge in [0.05, 0.1) is 0 Å². The van der Waals surface area contributed by atoms with E-state index in [-0.39, 0.29) is 18.0 Å². The molecule has 0 aliphatic heterocycles. The van der Waals surface area contributed by atoms with Gasteiger partial charge in [-0.1, -0.05) is 43.1 Å². The molecule has 0 saturated heterocycles. The zero-order valence-corrected chi connectivity index (χ0v) is 14.6. The van der Waals surface area contributed by atoms with Crippen LogP contribution in [0.4, 0.5) is 0 Å². The Morgan fingerprint density at radius 3 is 2.24 bits per heavy atom. The molecule has 2 atom stereocenters. The zero-order chi connectivity index (χ0) is 16.0. The lowest BCUT2D eigenvalue weighted by molar-refractivity contribution is -0.130. The highest BCUT2D eigenvalue weighted by molar-refractivity contribution is 6.35. The van der Waals surface area contributed by atoms with E-state index in [4.69, 9.17) is 23.2 Å². The minimum atomic E-state index is 0.0183. The van der Waals surface area contributed by atoms with Crippen molar-refractivity contribution in [3.8, 4) is 0 Å². The summed E-state index contributed by atoms with van der Waals surface area (Å²) in [6, 6.07) is 5.69. The van der Waals surface area contributed by atoms with Crippen molar-refractivity contribution < 1.29 is 4.79 Å². The summed E-state index contributed by atoms with van der Waals surface area (Å²) in [6.45, 7) is 8.33. The molecule has 0 aliphatic rings. The summed E-state index contributed by atoms with van der Waals surface area (Å²) < 4.78 is 0. The molecule has 0 saturated carbocycles. The lowest BCUT2D eigenvalue weighted by atomic mass is 10.1. The molecule has 1 aromatic rings. The monoisotopic (exact) mass is 327 g/mol. The molecule has 1 aromatic carbocycles. The van der Waals surface area contributed by atoms with Crippen LogP contribution in [0.3, 0.4) is 0 Å². The van der Waals surface area contributed by atoms with E-state index in [1.807, 2.05) is 11.0 Å². The van der Waals surface area contributed by atoms with Crippen LogP contribution in [0.2, 0.25) is 10.0 Å². The second kappa shape index (κ2) is 8.45. The molecule has 0 heterocycles. The molecule has 0 aliphatic carbocycles. The number of carbonyl (C=O) groups excluding carboxylic acids is 1. The fourth-order valence-corrected chi connectivity index (χ4v) is 2.62. The Hall–Kier alpha value is -0.990. The van der Waals surface area contributed by atoms with Crippen molar-refractivity contribution in [1.82, 2.24) is 4.90 Å². The third-order valence-corrected chi connectivity index (χ3v) is 4.32. The molecular formula is C17H23Cl2NO. The first-order valence-electron chi connectivity index (χ1n) is 7.36. The number of benzene rings is 1. The molecule has 2 nitrogen and oxygen atoms in total. The van der Waals surface area contributed by atoms with E-state index >= 15 is 0 Å². The number of rotatable bonds is 6. The van der Waals surface area contributed by atoms with Crippen molar-refractivity contribution in [2.75, 3.05) is 0 Å². The Morgan fingerprint density at radius 1 is 1.19 bits per heavy atom. The third kappa shape index (κ3) is 5.05. The van der Waals surface area contributed by atoms with Gasteiger partial charge >= 0.3 is 0 Å². The van der Waals surface area contributed by atoms with E-state index in [0.29, 0.717) is 10.0 Å². The van der Waals surface area contributed by atoms with Gasteiger partial charge in [0.1, 0.15) is 0 Å². The highest BCUT2D eigenvalue weighted by Gasteiger charge is 2.21. The Morgan fingerprint density at radius 2 is 1.76 bits per heavy atom. The first-order chi connectivity index (χ1) is 9.90. The van der Waals surface area contributed by atoms with Gasteiger partial charge in [-0.2, -0.15) is 0 Å². The van der Waals surface area contributed by atoms with Crippen molar-refractivity contribution in [1.29, 1.82) is 0 Å². The first-order valence-corrected chi connectivity index (χ1v) is 8.11. The van der Waals surface area contributed by atoms with Crippen LogP contribution in [-0.4, -0.2) is 22.9 Å². The summed E-state index contributed by atoms with van der Waals surface area (Å²) in [4.78, 5) is 14.4. The van der Waals surface area contributed by atoms with Gasteiger partial charge in [-0.3, -0.25) is 4.79 Å². The van der Waals surface area contributed by atoms with Crippen molar-refractivity contribution in [2.24, 2.45) is 0 Å². The number of halogens is 2. The van der Waals surface area contributed by atoms with Gasteiger partial charge < -0.3 is 4.90 Å². The largest absolute Gasteiger partial charge is 0.334 e. The quantitative estimate of drug-likeness (QED) is 0.637. The van der Waals surface area contributed by atoms with Gasteiger partial charge in [0.15, 0.2) is 0 Å². The molecule has 0 bridgehead atoms. The van der Waals surface area contributed by atoms with E-state index in [0.717, 1.165) is 18.4 Å². The summed E-state index contributed by atoms with van der Waals surface area (Å²) >= 11 is 12.0. The van der Waals surface area contributed by atoms with Gasteiger partial charge in [0, 0.05) is 28.2 Å². The molecule has 0 fully saturated rings. The minimum absolute atomic E-state index is 0.0183. The molecular weight excluding hydrogens is 305 g/mol. The lowest BCUT2D eigenvalue weighted by Gasteiger charge is -2.33. The second-order valence-electron chi connectivity index (χ2n) is 5.26. The molecule has 21 heavy (non-hydrogen) atoms. The summed E-state index contributed by atoms with van der Waals surface area (Å²) in [5.41, 5.74) is 0.794. The maximum atomic E-state index is 12.5. The molecule has 116 valence electrons. The predicted molar refractivity (Wildman–Crippen MR) is 91.8 cm³/mol. The van der Waals surface area contributed by atoms with Crippen LogP contribution in [0.5, 0.6) is 0 Å². The number of hydrogen-bond acceptors (Lipinski definition) is 1. The maximum absolute atomic E-state index is 12.5. The normalized spacial score (nSPS) is 14.2. The van der Waals surface area contributed by atoms with Crippen LogP contribution >= 0.6 is 23.2 Å². The Balaban J connectivity index is 2.92. The smallest absolute Gasteiger partial charge is 0.247 e. The molecule has 0 spiro atoms. The first kappa shape index (κ1) is 18.1. The maximum Gasteiger partial charge on any atom is 0.247 e. The molecule has 4 heteroatoms. The van der Waals surface area contributed by atoms with E-state index in [2.05, 4.69) is 27.7 Å². The highest BCUT2D eigenvalue weighted by Crippen LogP contribution is 2.22. The molecule has 0 aromatic heterocycles. The van der Waals surface area contributed by atoms with E-state index < -0.39 is 0 Å². The summed E-state index contributed by atoms with van der Waals surface area (Å²) in [6.07, 6.45) is 5.21. The Bertz CT molecular complexity index is 504. The molecule has 0 N–H and O–H groups in total. The van der Waals surface area contributed by atoms with E-state index in [1.165, 1.54) is 0 Å². The zero-order valence-electron chi connectivity index (χ0n) is 13.1. The van der Waals surface area contributed by atoms with Crippen LogP contribution in [0.1, 0.15) is 46.1 Å². The van der Waals surface area contributed by atoms with Crippen molar-refractivity contribution in [3.05, 3.63) is 39.9 Å². The molecule has 1 amide bonds. The Kier molecular flexibility index (Phi) is 7.27. The number of amides is 1. The summed E-state index contributed by atoms with van der Waals surface area (Å²) in [5.74, 6) is 0.0183. The standard InChI is InChI=1S/C17H23Cl2NO/c1-5-12(3)20(13(4)6-2)17(21)10-8-14-7-9-15(18)11-16(14)19/h7-13H,5-6H2,1-4H3. The van der Waals surface area contributed by atoms with Gasteiger partial charge in [-0.25, -0.2) is 0 Å². The van der Waals surface area contributed by atoms with Crippen LogP contribution in [0.15, 0.2) is 24.3 Å². The number of hydrogen-bond donors (Lipinski definition) is 0. The fraction of sp³-hybridized carbons (Fsp3) is 0.471. The third-order valence-electron chi connectivity index (χ3n) is 3.75. The summed E-state index contributed by atoms with van der Waals surface area (Å²) in [5, 5.41) is 1.13. The van der Waals surface area contributed by atoms with Gasteiger partial charge in [0.2, 0.25) is 5.91 Å². The van der Waals surface area contributed by atoms with Gasteiger partial charge in [-0.05, 0) is 50.5 Å². The predicted octanol–water partition coefficient (Wildman–Crippen LogP) is 5.43.